The van der Waals surface area contributed by atoms with Gasteiger partial charge in [0.1, 0.15) is 17.1 Å². The van der Waals surface area contributed by atoms with E-state index in [0.29, 0.717) is 17.7 Å². The molecule has 2 aromatic rings. The normalized spacial score (nSPS) is 19.2. The van der Waals surface area contributed by atoms with E-state index in [1.54, 1.807) is 6.08 Å². The van der Waals surface area contributed by atoms with E-state index in [4.69, 9.17) is 9.47 Å². The number of ether oxygens (including phenoxy) is 2. The molecule has 0 fully saturated rings. The van der Waals surface area contributed by atoms with Gasteiger partial charge in [-0.15, -0.1) is 0 Å². The maximum atomic E-state index is 13.2. The lowest BCUT2D eigenvalue weighted by Crippen LogP contribution is -2.26. The predicted molar refractivity (Wildman–Crippen MR) is 133 cm³/mol. The lowest BCUT2D eigenvalue weighted by Gasteiger charge is -2.37. The van der Waals surface area contributed by atoms with Crippen LogP contribution >= 0.6 is 0 Å². The number of rotatable bonds is 7. The molecular weight excluding hydrogens is 428 g/mol. The van der Waals surface area contributed by atoms with Gasteiger partial charge in [-0.3, -0.25) is 0 Å². The average Bonchev–Trinajstić information content (AvgIpc) is 2.82. The second-order valence-electron chi connectivity index (χ2n) is 9.04. The van der Waals surface area contributed by atoms with Crippen molar-refractivity contribution in [3.63, 3.8) is 0 Å². The molecule has 1 heterocycles. The quantitative estimate of drug-likeness (QED) is 0.275. The maximum absolute atomic E-state index is 13.2. The number of fused-ring (bicyclic) bond motifs is 3. The number of carbonyl (C=O) groups excluding carboxylic acids is 1. The molecule has 34 heavy (non-hydrogen) atoms. The molecule has 0 aromatic heterocycles. The van der Waals surface area contributed by atoms with Crippen LogP contribution in [0, 0.1) is 5.92 Å². The second-order valence-corrected chi connectivity index (χ2v) is 9.04. The van der Waals surface area contributed by atoms with E-state index in [9.17, 15) is 15.0 Å². The molecule has 178 valence electrons. The Balaban J connectivity index is 1.75. The van der Waals surface area contributed by atoms with E-state index in [0.717, 1.165) is 31.2 Å². The summed E-state index contributed by atoms with van der Waals surface area (Å²) < 4.78 is 11.5. The summed E-state index contributed by atoms with van der Waals surface area (Å²) in [6, 6.07) is 9.74. The third kappa shape index (κ3) is 4.60. The molecule has 0 spiro atoms. The number of aromatic hydroxyl groups is 2. The largest absolute Gasteiger partial charge is 0.507 e. The van der Waals surface area contributed by atoms with Crippen molar-refractivity contribution in [3.05, 3.63) is 82.6 Å². The fraction of sp³-hybridized carbons (Fsp3) is 0.345. The van der Waals surface area contributed by atoms with Gasteiger partial charge >= 0.3 is 5.97 Å². The van der Waals surface area contributed by atoms with Crippen molar-refractivity contribution in [3.8, 4) is 17.2 Å². The minimum Gasteiger partial charge on any atom is -0.507 e. The number of phenolic OH excluding ortho intramolecular Hbond substituents is 2. The molecule has 2 N–H and O–H groups in total. The molecule has 2 unspecified atom stereocenters. The molecule has 0 amide bonds. The molecule has 5 heteroatoms. The molecule has 1 aliphatic heterocycles. The SMILES string of the molecule is C=C1Oc2c(O)c(/C=C/CCC)c(C(=O)OCCc3ccccc3)c(O)c2C2C=C(C)CCC12. The number of phenols is 2. The Labute approximate surface area is 201 Å². The van der Waals surface area contributed by atoms with Crippen LogP contribution in [0.1, 0.15) is 72.5 Å². The molecule has 1 aliphatic carbocycles. The number of hydrogen-bond acceptors (Lipinski definition) is 5. The summed E-state index contributed by atoms with van der Waals surface area (Å²) in [6.07, 6.45) is 9.59. The molecule has 0 saturated carbocycles. The minimum absolute atomic E-state index is 0.0232. The van der Waals surface area contributed by atoms with Crippen molar-refractivity contribution in [1.29, 1.82) is 0 Å². The Bertz CT molecular complexity index is 1140. The topological polar surface area (TPSA) is 76.0 Å². The third-order valence-electron chi connectivity index (χ3n) is 6.61. The minimum atomic E-state index is -0.667. The van der Waals surface area contributed by atoms with Gasteiger partial charge in [-0.2, -0.15) is 0 Å². The molecule has 4 rings (SSSR count). The van der Waals surface area contributed by atoms with Gasteiger partial charge in [0.25, 0.3) is 0 Å². The number of carbonyl (C=O) groups is 1. The van der Waals surface area contributed by atoms with Crippen LogP contribution in [0.2, 0.25) is 0 Å². The first kappa shape index (κ1) is 23.7. The summed E-state index contributed by atoms with van der Waals surface area (Å²) >= 11 is 0. The highest BCUT2D eigenvalue weighted by Gasteiger charge is 2.41. The Kier molecular flexibility index (Phi) is 7.11. The summed E-state index contributed by atoms with van der Waals surface area (Å²) in [7, 11) is 0. The highest BCUT2D eigenvalue weighted by Crippen LogP contribution is 2.56. The van der Waals surface area contributed by atoms with Gasteiger partial charge in [-0.1, -0.05) is 74.1 Å². The van der Waals surface area contributed by atoms with E-state index in [1.807, 2.05) is 50.3 Å². The van der Waals surface area contributed by atoms with Crippen molar-refractivity contribution in [2.24, 2.45) is 5.92 Å². The molecule has 2 aliphatic rings. The van der Waals surface area contributed by atoms with Crippen LogP contribution in [0.5, 0.6) is 17.2 Å². The predicted octanol–water partition coefficient (Wildman–Crippen LogP) is 6.66. The van der Waals surface area contributed by atoms with Crippen LogP contribution < -0.4 is 4.74 Å². The third-order valence-corrected chi connectivity index (χ3v) is 6.61. The highest BCUT2D eigenvalue weighted by atomic mass is 16.5. The summed E-state index contributed by atoms with van der Waals surface area (Å²) in [5, 5.41) is 22.6. The number of benzene rings is 2. The fourth-order valence-corrected chi connectivity index (χ4v) is 4.79. The molecular formula is C29H32O5. The van der Waals surface area contributed by atoms with E-state index in [1.165, 1.54) is 5.57 Å². The van der Waals surface area contributed by atoms with Gasteiger partial charge in [0.2, 0.25) is 0 Å². The van der Waals surface area contributed by atoms with E-state index >= 15 is 0 Å². The van der Waals surface area contributed by atoms with Gasteiger partial charge < -0.3 is 19.7 Å². The van der Waals surface area contributed by atoms with Crippen LogP contribution in [-0.2, 0) is 11.2 Å². The van der Waals surface area contributed by atoms with Crippen LogP contribution in [0.3, 0.4) is 0 Å². The van der Waals surface area contributed by atoms with E-state index < -0.39 is 5.97 Å². The van der Waals surface area contributed by atoms with Gasteiger partial charge in [-0.05, 0) is 31.7 Å². The van der Waals surface area contributed by atoms with Crippen molar-refractivity contribution in [2.75, 3.05) is 6.61 Å². The Morgan fingerprint density at radius 2 is 2.00 bits per heavy atom. The molecule has 0 radical (unpaired) electrons. The van der Waals surface area contributed by atoms with Gasteiger partial charge in [-0.25, -0.2) is 4.79 Å². The zero-order chi connectivity index (χ0) is 24.2. The number of allylic oxidation sites excluding steroid dienone is 4. The second kappa shape index (κ2) is 10.2. The van der Waals surface area contributed by atoms with Crippen LogP contribution in [0.4, 0.5) is 0 Å². The Morgan fingerprint density at radius 1 is 1.24 bits per heavy atom. The lowest BCUT2D eigenvalue weighted by molar-refractivity contribution is 0.0504. The first-order chi connectivity index (χ1) is 16.4. The van der Waals surface area contributed by atoms with Gasteiger partial charge in [0, 0.05) is 29.4 Å². The maximum Gasteiger partial charge on any atom is 0.342 e. The number of hydrogen-bond donors (Lipinski definition) is 2. The van der Waals surface area contributed by atoms with Crippen LogP contribution in [0.15, 0.2) is 60.4 Å². The molecule has 0 saturated heterocycles. The van der Waals surface area contributed by atoms with Crippen molar-refractivity contribution in [2.45, 2.75) is 51.9 Å². The standard InChI is InChI=1S/C29H32O5/c1-4-5-7-12-22-25(29(32)33-16-15-20-10-8-6-9-11-20)27(31)24-23-17-18(2)13-14-21(23)19(3)34-28(24)26(22)30/h6-12,17,21,23,30-31H,3-5,13-16H2,1-2H3/b12-7+. The first-order valence-electron chi connectivity index (χ1n) is 12.0. The molecule has 2 atom stereocenters. The van der Waals surface area contributed by atoms with Gasteiger partial charge in [0.15, 0.2) is 11.5 Å². The fourth-order valence-electron chi connectivity index (χ4n) is 4.79. The highest BCUT2D eigenvalue weighted by molar-refractivity contribution is 5.99. The van der Waals surface area contributed by atoms with Crippen molar-refractivity contribution < 1.29 is 24.5 Å². The summed E-state index contributed by atoms with van der Waals surface area (Å²) in [4.78, 5) is 13.2. The molecule has 0 bridgehead atoms. The van der Waals surface area contributed by atoms with E-state index in [2.05, 4.69) is 12.7 Å². The average molecular weight is 461 g/mol. The molecule has 5 nitrogen and oxygen atoms in total. The lowest BCUT2D eigenvalue weighted by atomic mass is 9.73. The number of esters is 1. The Hall–Kier alpha value is -3.47. The molecule has 2 aromatic carbocycles. The number of unbranched alkanes of at least 4 members (excludes halogenated alkanes) is 1. The van der Waals surface area contributed by atoms with Crippen LogP contribution in [-0.4, -0.2) is 22.8 Å². The first-order valence-corrected chi connectivity index (χ1v) is 12.0. The summed E-state index contributed by atoms with van der Waals surface area (Å²) in [5.74, 6) is -0.539. The van der Waals surface area contributed by atoms with Crippen molar-refractivity contribution >= 4 is 12.0 Å². The zero-order valence-electron chi connectivity index (χ0n) is 19.8. The Morgan fingerprint density at radius 3 is 2.74 bits per heavy atom. The van der Waals surface area contributed by atoms with E-state index in [-0.39, 0.29) is 46.8 Å². The summed E-state index contributed by atoms with van der Waals surface area (Å²) in [6.45, 7) is 8.32. The monoisotopic (exact) mass is 460 g/mol. The summed E-state index contributed by atoms with van der Waals surface area (Å²) in [5.41, 5.74) is 2.85. The van der Waals surface area contributed by atoms with Crippen molar-refractivity contribution in [1.82, 2.24) is 0 Å². The smallest absolute Gasteiger partial charge is 0.342 e. The zero-order valence-corrected chi connectivity index (χ0v) is 19.8. The van der Waals surface area contributed by atoms with Gasteiger partial charge in [0.05, 0.1) is 6.61 Å². The van der Waals surface area contributed by atoms with Crippen LogP contribution in [0.25, 0.3) is 6.08 Å².